The maximum absolute atomic E-state index is 2.41. The van der Waals surface area contributed by atoms with Gasteiger partial charge in [0.15, 0.2) is 0 Å². The molecule has 0 aromatic heterocycles. The van der Waals surface area contributed by atoms with Gasteiger partial charge in [0.25, 0.3) is 0 Å². The van der Waals surface area contributed by atoms with Gasteiger partial charge in [-0.1, -0.05) is 29.3 Å². The molecule has 1 aliphatic heterocycles. The molecule has 0 saturated heterocycles. The fraction of sp³-hybridized carbons (Fsp3) is 0.385. The summed E-state index contributed by atoms with van der Waals surface area (Å²) in [6, 6.07) is 8.75. The lowest BCUT2D eigenvalue weighted by molar-refractivity contribution is 0.499. The Balaban J connectivity index is 1.95. The molecule has 1 aromatic carbocycles. The summed E-state index contributed by atoms with van der Waals surface area (Å²) in [5.74, 6) is 0. The van der Waals surface area contributed by atoms with Crippen LogP contribution < -0.4 is 0 Å². The van der Waals surface area contributed by atoms with Gasteiger partial charge < -0.3 is 0 Å². The van der Waals surface area contributed by atoms with E-state index in [1.807, 2.05) is 11.9 Å². The van der Waals surface area contributed by atoms with Crippen molar-refractivity contribution in [2.45, 2.75) is 25.2 Å². The number of benzene rings is 1. The maximum atomic E-state index is 2.41. The average molecular weight is 219 g/mol. The van der Waals surface area contributed by atoms with Crippen LogP contribution in [0.3, 0.4) is 0 Å². The lowest BCUT2D eigenvalue weighted by Crippen LogP contribution is -2.21. The minimum absolute atomic E-state index is 1.07. The molecule has 1 aromatic rings. The number of aryl methyl sites for hydroxylation is 1. The van der Waals surface area contributed by atoms with Crippen LogP contribution in [-0.4, -0.2) is 17.4 Å². The van der Waals surface area contributed by atoms with Gasteiger partial charge in [-0.05, 0) is 44.3 Å². The van der Waals surface area contributed by atoms with Gasteiger partial charge in [-0.25, -0.2) is 4.31 Å². The Kier molecular flexibility index (Phi) is 3.49. The van der Waals surface area contributed by atoms with E-state index in [9.17, 15) is 0 Å². The van der Waals surface area contributed by atoms with Gasteiger partial charge >= 0.3 is 0 Å². The first-order valence-corrected chi connectivity index (χ1v) is 6.16. The van der Waals surface area contributed by atoms with Gasteiger partial charge in [0.1, 0.15) is 0 Å². The highest BCUT2D eigenvalue weighted by molar-refractivity contribution is 7.97. The molecule has 1 heterocycles. The third-order valence-electron chi connectivity index (χ3n) is 2.65. The van der Waals surface area contributed by atoms with Crippen molar-refractivity contribution in [2.75, 3.05) is 13.1 Å². The highest BCUT2D eigenvalue weighted by Crippen LogP contribution is 2.25. The molecule has 0 unspecified atom stereocenters. The summed E-state index contributed by atoms with van der Waals surface area (Å²) in [5.41, 5.74) is 2.85. The standard InChI is InChI=1S/C13H17NS/c1-11-3-5-13(6-4-11)15-14-9-7-12(2)8-10-14/h3-7H,8-10H2,1-2H3. The van der Waals surface area contributed by atoms with E-state index in [4.69, 9.17) is 0 Å². The fourth-order valence-electron chi connectivity index (χ4n) is 1.58. The van der Waals surface area contributed by atoms with Crippen molar-refractivity contribution in [3.8, 4) is 0 Å². The predicted octanol–water partition coefficient (Wildman–Crippen LogP) is 3.65. The Labute approximate surface area is 96.3 Å². The summed E-state index contributed by atoms with van der Waals surface area (Å²) in [4.78, 5) is 1.34. The third-order valence-corrected chi connectivity index (χ3v) is 3.73. The minimum atomic E-state index is 1.07. The first kappa shape index (κ1) is 10.8. The van der Waals surface area contributed by atoms with Gasteiger partial charge in [-0.2, -0.15) is 0 Å². The molecule has 0 bridgehead atoms. The Morgan fingerprint density at radius 1 is 1.13 bits per heavy atom. The number of hydrogen-bond donors (Lipinski definition) is 0. The van der Waals surface area contributed by atoms with E-state index >= 15 is 0 Å². The summed E-state index contributed by atoms with van der Waals surface area (Å²) in [5, 5.41) is 0. The highest BCUT2D eigenvalue weighted by atomic mass is 32.2. The molecule has 0 aliphatic carbocycles. The van der Waals surface area contributed by atoms with E-state index < -0.39 is 0 Å². The largest absolute Gasteiger partial charge is 0.242 e. The second-order valence-corrected chi connectivity index (χ2v) is 5.26. The molecule has 15 heavy (non-hydrogen) atoms. The zero-order valence-electron chi connectivity index (χ0n) is 9.36. The average Bonchev–Trinajstić information content (AvgIpc) is 2.25. The summed E-state index contributed by atoms with van der Waals surface area (Å²) >= 11 is 1.86. The molecule has 0 atom stereocenters. The first-order chi connectivity index (χ1) is 7.24. The summed E-state index contributed by atoms with van der Waals surface area (Å²) in [6.07, 6.45) is 3.53. The molecule has 2 heteroatoms. The van der Waals surface area contributed by atoms with E-state index in [1.165, 1.54) is 29.0 Å². The first-order valence-electron chi connectivity index (χ1n) is 5.39. The topological polar surface area (TPSA) is 3.24 Å². The quantitative estimate of drug-likeness (QED) is 0.551. The lowest BCUT2D eigenvalue weighted by atomic mass is 10.1. The van der Waals surface area contributed by atoms with Gasteiger partial charge in [-0.3, -0.25) is 0 Å². The molecular formula is C13H17NS. The van der Waals surface area contributed by atoms with Crippen LogP contribution in [0.2, 0.25) is 0 Å². The predicted molar refractivity (Wildman–Crippen MR) is 67.0 cm³/mol. The summed E-state index contributed by atoms with van der Waals surface area (Å²) in [6.45, 7) is 6.58. The molecule has 80 valence electrons. The lowest BCUT2D eigenvalue weighted by Gasteiger charge is -2.23. The van der Waals surface area contributed by atoms with Crippen LogP contribution >= 0.6 is 11.9 Å². The van der Waals surface area contributed by atoms with Gasteiger partial charge in [-0.15, -0.1) is 0 Å². The van der Waals surface area contributed by atoms with Crippen molar-refractivity contribution in [1.82, 2.24) is 4.31 Å². The molecule has 1 aliphatic rings. The van der Waals surface area contributed by atoms with Crippen molar-refractivity contribution >= 4 is 11.9 Å². The fourth-order valence-corrected chi connectivity index (χ4v) is 2.47. The van der Waals surface area contributed by atoms with Crippen molar-refractivity contribution in [1.29, 1.82) is 0 Å². The Bertz CT molecular complexity index is 353. The molecule has 0 radical (unpaired) electrons. The molecule has 0 N–H and O–H groups in total. The zero-order valence-corrected chi connectivity index (χ0v) is 10.2. The second-order valence-electron chi connectivity index (χ2n) is 4.09. The number of hydrogen-bond acceptors (Lipinski definition) is 2. The zero-order chi connectivity index (χ0) is 10.7. The van der Waals surface area contributed by atoms with Crippen LogP contribution in [0.5, 0.6) is 0 Å². The normalized spacial score (nSPS) is 17.6. The Hall–Kier alpha value is -0.730. The van der Waals surface area contributed by atoms with Crippen LogP contribution in [0.4, 0.5) is 0 Å². The second kappa shape index (κ2) is 4.86. The molecule has 2 rings (SSSR count). The van der Waals surface area contributed by atoms with Gasteiger partial charge in [0.2, 0.25) is 0 Å². The van der Waals surface area contributed by atoms with Crippen LogP contribution in [-0.2, 0) is 0 Å². The number of nitrogens with zero attached hydrogens (tertiary/aromatic N) is 1. The minimum Gasteiger partial charge on any atom is -0.242 e. The van der Waals surface area contributed by atoms with E-state index in [1.54, 1.807) is 0 Å². The third kappa shape index (κ3) is 3.11. The Morgan fingerprint density at radius 2 is 1.87 bits per heavy atom. The van der Waals surface area contributed by atoms with Gasteiger partial charge in [0, 0.05) is 18.0 Å². The van der Waals surface area contributed by atoms with Crippen molar-refractivity contribution in [3.63, 3.8) is 0 Å². The molecule has 0 fully saturated rings. The molecule has 0 spiro atoms. The molecular weight excluding hydrogens is 202 g/mol. The van der Waals surface area contributed by atoms with Crippen molar-refractivity contribution in [2.24, 2.45) is 0 Å². The molecule has 0 amide bonds. The van der Waals surface area contributed by atoms with E-state index in [-0.39, 0.29) is 0 Å². The van der Waals surface area contributed by atoms with E-state index in [0.717, 1.165) is 6.54 Å². The van der Waals surface area contributed by atoms with Crippen LogP contribution in [0.1, 0.15) is 18.9 Å². The van der Waals surface area contributed by atoms with Crippen LogP contribution in [0, 0.1) is 6.92 Å². The maximum Gasteiger partial charge on any atom is 0.0276 e. The molecule has 0 saturated carbocycles. The highest BCUT2D eigenvalue weighted by Gasteiger charge is 2.10. The van der Waals surface area contributed by atoms with E-state index in [2.05, 4.69) is 48.5 Å². The number of rotatable bonds is 2. The van der Waals surface area contributed by atoms with Crippen molar-refractivity contribution < 1.29 is 0 Å². The van der Waals surface area contributed by atoms with Crippen LogP contribution in [0.25, 0.3) is 0 Å². The van der Waals surface area contributed by atoms with Crippen LogP contribution in [0.15, 0.2) is 40.8 Å². The van der Waals surface area contributed by atoms with E-state index in [0.29, 0.717) is 0 Å². The molecule has 1 nitrogen and oxygen atoms in total. The summed E-state index contributed by atoms with van der Waals surface area (Å²) in [7, 11) is 0. The smallest absolute Gasteiger partial charge is 0.0276 e. The van der Waals surface area contributed by atoms with Gasteiger partial charge in [0.05, 0.1) is 0 Å². The SMILES string of the molecule is CC1=CCN(Sc2ccc(C)cc2)CC1. The monoisotopic (exact) mass is 219 g/mol. The Morgan fingerprint density at radius 3 is 2.47 bits per heavy atom. The summed E-state index contributed by atoms with van der Waals surface area (Å²) < 4.78 is 2.41. The van der Waals surface area contributed by atoms with Crippen molar-refractivity contribution in [3.05, 3.63) is 41.5 Å².